The summed E-state index contributed by atoms with van der Waals surface area (Å²) in [6, 6.07) is 12.8. The second-order valence-corrected chi connectivity index (χ2v) is 5.51. The second-order valence-electron chi connectivity index (χ2n) is 5.51. The van der Waals surface area contributed by atoms with Gasteiger partial charge in [-0.2, -0.15) is 0 Å². The van der Waals surface area contributed by atoms with Gasteiger partial charge >= 0.3 is 0 Å². The molecule has 4 rings (SSSR count). The highest BCUT2D eigenvalue weighted by Gasteiger charge is 2.16. The lowest BCUT2D eigenvalue weighted by molar-refractivity contribution is 0.625. The molecule has 4 aromatic rings. The lowest BCUT2D eigenvalue weighted by atomic mass is 10.2. The van der Waals surface area contributed by atoms with Crippen molar-refractivity contribution in [3.63, 3.8) is 0 Å². The van der Waals surface area contributed by atoms with Crippen molar-refractivity contribution in [3.8, 4) is 0 Å². The molecular weight excluding hydrogens is 265 g/mol. The smallest absolute Gasteiger partial charge is 0.160 e. The molecule has 0 unspecified atom stereocenters. The first-order chi connectivity index (χ1) is 10.1. The van der Waals surface area contributed by atoms with E-state index in [0.29, 0.717) is 0 Å². The van der Waals surface area contributed by atoms with Crippen LogP contribution in [0.15, 0.2) is 42.5 Å². The molecule has 0 aliphatic rings. The van der Waals surface area contributed by atoms with E-state index in [4.69, 9.17) is 9.97 Å². The minimum Gasteiger partial charge on any atom is -0.321 e. The van der Waals surface area contributed by atoms with Crippen LogP contribution in [0.2, 0.25) is 0 Å². The molecule has 0 amide bonds. The van der Waals surface area contributed by atoms with Crippen LogP contribution in [0.4, 0.5) is 4.39 Å². The maximum atomic E-state index is 13.6. The molecule has 0 radical (unpaired) electrons. The lowest BCUT2D eigenvalue weighted by Gasteiger charge is -2.10. The third-order valence-electron chi connectivity index (χ3n) is 3.77. The molecule has 0 fully saturated rings. The molecule has 2 heterocycles. The zero-order chi connectivity index (χ0) is 14.6. The SMILES string of the molecule is CC(C)n1c2ccc(F)cc2c2nc3ccccc3nc21. The van der Waals surface area contributed by atoms with Gasteiger partial charge < -0.3 is 4.57 Å². The molecule has 0 aliphatic heterocycles. The Morgan fingerprint density at radius 1 is 1.00 bits per heavy atom. The van der Waals surface area contributed by atoms with Gasteiger partial charge in [-0.3, -0.25) is 0 Å². The molecule has 0 saturated heterocycles. The highest BCUT2D eigenvalue weighted by Crippen LogP contribution is 2.31. The highest BCUT2D eigenvalue weighted by atomic mass is 19.1. The van der Waals surface area contributed by atoms with Gasteiger partial charge in [0.1, 0.15) is 11.3 Å². The average Bonchev–Trinajstić information content (AvgIpc) is 2.78. The van der Waals surface area contributed by atoms with Crippen LogP contribution in [0.3, 0.4) is 0 Å². The number of hydrogen-bond donors (Lipinski definition) is 0. The van der Waals surface area contributed by atoms with Crippen LogP contribution in [0.5, 0.6) is 0 Å². The molecule has 0 N–H and O–H groups in total. The van der Waals surface area contributed by atoms with E-state index in [1.807, 2.05) is 24.3 Å². The van der Waals surface area contributed by atoms with Crippen molar-refractivity contribution in [2.24, 2.45) is 0 Å². The van der Waals surface area contributed by atoms with Gasteiger partial charge in [0.05, 0.1) is 16.6 Å². The third-order valence-corrected chi connectivity index (χ3v) is 3.77. The topological polar surface area (TPSA) is 30.7 Å². The number of para-hydroxylation sites is 2. The Kier molecular flexibility index (Phi) is 2.48. The minimum atomic E-state index is -0.250. The Labute approximate surface area is 121 Å². The highest BCUT2D eigenvalue weighted by molar-refractivity contribution is 6.06. The molecule has 0 atom stereocenters. The van der Waals surface area contributed by atoms with Crippen LogP contribution in [-0.2, 0) is 0 Å². The number of nitrogens with zero attached hydrogens (tertiary/aromatic N) is 3. The van der Waals surface area contributed by atoms with E-state index in [1.54, 1.807) is 12.1 Å². The first-order valence-electron chi connectivity index (χ1n) is 7.01. The molecule has 0 spiro atoms. The summed E-state index contributed by atoms with van der Waals surface area (Å²) in [5.74, 6) is -0.250. The molecule has 0 saturated carbocycles. The van der Waals surface area contributed by atoms with Gasteiger partial charge in [-0.05, 0) is 44.2 Å². The summed E-state index contributed by atoms with van der Waals surface area (Å²) in [5.41, 5.74) is 4.23. The van der Waals surface area contributed by atoms with E-state index in [1.165, 1.54) is 6.07 Å². The second kappa shape index (κ2) is 4.25. The van der Waals surface area contributed by atoms with Crippen molar-refractivity contribution in [1.29, 1.82) is 0 Å². The van der Waals surface area contributed by atoms with E-state index in [9.17, 15) is 4.39 Å². The molecule has 2 aromatic carbocycles. The largest absolute Gasteiger partial charge is 0.321 e. The summed E-state index contributed by atoms with van der Waals surface area (Å²) in [5, 5.41) is 0.817. The van der Waals surface area contributed by atoms with Gasteiger partial charge in [0.2, 0.25) is 0 Å². The summed E-state index contributed by atoms with van der Waals surface area (Å²) < 4.78 is 15.7. The van der Waals surface area contributed by atoms with Crippen LogP contribution >= 0.6 is 0 Å². The normalized spacial score (nSPS) is 12.0. The number of halogens is 1. The fourth-order valence-corrected chi connectivity index (χ4v) is 2.88. The Hall–Kier alpha value is -2.49. The van der Waals surface area contributed by atoms with Crippen molar-refractivity contribution >= 4 is 33.1 Å². The molecule has 104 valence electrons. The predicted molar refractivity (Wildman–Crippen MR) is 82.9 cm³/mol. The first-order valence-corrected chi connectivity index (χ1v) is 7.01. The van der Waals surface area contributed by atoms with E-state index < -0.39 is 0 Å². The van der Waals surface area contributed by atoms with Gasteiger partial charge in [0.25, 0.3) is 0 Å². The number of aromatic nitrogens is 3. The van der Waals surface area contributed by atoms with Gasteiger partial charge in [-0.15, -0.1) is 0 Å². The molecular formula is C17H14FN3. The summed E-state index contributed by atoms with van der Waals surface area (Å²) in [6.45, 7) is 4.19. The van der Waals surface area contributed by atoms with Crippen LogP contribution in [0, 0.1) is 5.82 Å². The maximum absolute atomic E-state index is 13.6. The zero-order valence-corrected chi connectivity index (χ0v) is 11.8. The van der Waals surface area contributed by atoms with Gasteiger partial charge in [0.15, 0.2) is 5.65 Å². The molecule has 0 aliphatic carbocycles. The number of hydrogen-bond acceptors (Lipinski definition) is 2. The van der Waals surface area contributed by atoms with Crippen LogP contribution in [0.25, 0.3) is 33.1 Å². The number of fused-ring (bicyclic) bond motifs is 4. The van der Waals surface area contributed by atoms with Crippen molar-refractivity contribution in [2.75, 3.05) is 0 Å². The number of benzene rings is 2. The van der Waals surface area contributed by atoms with E-state index in [-0.39, 0.29) is 11.9 Å². The van der Waals surface area contributed by atoms with Crippen molar-refractivity contribution in [3.05, 3.63) is 48.3 Å². The standard InChI is InChI=1S/C17H14FN3/c1-10(2)21-15-8-7-11(18)9-12(15)16-17(21)20-14-6-4-3-5-13(14)19-16/h3-10H,1-2H3. The van der Waals surface area contributed by atoms with Crippen LogP contribution in [-0.4, -0.2) is 14.5 Å². The van der Waals surface area contributed by atoms with Gasteiger partial charge in [-0.25, -0.2) is 14.4 Å². The monoisotopic (exact) mass is 279 g/mol. The van der Waals surface area contributed by atoms with E-state index in [0.717, 1.165) is 33.1 Å². The molecule has 21 heavy (non-hydrogen) atoms. The predicted octanol–water partition coefficient (Wildman–Crippen LogP) is 4.46. The summed E-state index contributed by atoms with van der Waals surface area (Å²) in [6.07, 6.45) is 0. The van der Waals surface area contributed by atoms with Crippen molar-refractivity contribution in [1.82, 2.24) is 14.5 Å². The van der Waals surface area contributed by atoms with E-state index >= 15 is 0 Å². The van der Waals surface area contributed by atoms with Crippen LogP contribution in [0.1, 0.15) is 19.9 Å². The van der Waals surface area contributed by atoms with E-state index in [2.05, 4.69) is 18.4 Å². The summed E-state index contributed by atoms with van der Waals surface area (Å²) in [7, 11) is 0. The van der Waals surface area contributed by atoms with Gasteiger partial charge in [0, 0.05) is 11.4 Å². The fraction of sp³-hybridized carbons (Fsp3) is 0.176. The molecule has 2 aromatic heterocycles. The fourth-order valence-electron chi connectivity index (χ4n) is 2.88. The zero-order valence-electron chi connectivity index (χ0n) is 11.8. The molecule has 0 bridgehead atoms. The Morgan fingerprint density at radius 3 is 2.43 bits per heavy atom. The quantitative estimate of drug-likeness (QED) is 0.515. The van der Waals surface area contributed by atoms with Crippen LogP contribution < -0.4 is 0 Å². The maximum Gasteiger partial charge on any atom is 0.160 e. The van der Waals surface area contributed by atoms with Crippen molar-refractivity contribution < 1.29 is 4.39 Å². The lowest BCUT2D eigenvalue weighted by Crippen LogP contribution is -2.01. The average molecular weight is 279 g/mol. The number of rotatable bonds is 1. The first kappa shape index (κ1) is 12.3. The summed E-state index contributed by atoms with van der Waals surface area (Å²) >= 11 is 0. The van der Waals surface area contributed by atoms with Crippen molar-refractivity contribution in [2.45, 2.75) is 19.9 Å². The van der Waals surface area contributed by atoms with Gasteiger partial charge in [-0.1, -0.05) is 12.1 Å². The minimum absolute atomic E-state index is 0.228. The Balaban J connectivity index is 2.28. The Morgan fingerprint density at radius 2 is 1.71 bits per heavy atom. The summed E-state index contributed by atoms with van der Waals surface area (Å²) in [4.78, 5) is 9.44. The molecule has 4 heteroatoms. The Bertz CT molecular complexity index is 986. The third kappa shape index (κ3) is 1.72. The molecule has 3 nitrogen and oxygen atoms in total.